The van der Waals surface area contributed by atoms with E-state index in [4.69, 9.17) is 17.2 Å². The van der Waals surface area contributed by atoms with E-state index in [1.807, 2.05) is 0 Å². The van der Waals surface area contributed by atoms with Crippen molar-refractivity contribution in [1.29, 1.82) is 0 Å². The van der Waals surface area contributed by atoms with Crippen LogP contribution in [0.2, 0.25) is 0 Å². The molecule has 5 nitrogen and oxygen atoms in total. The minimum absolute atomic E-state index is 0.274. The lowest BCUT2D eigenvalue weighted by atomic mass is 10.4. The molecule has 0 aromatic heterocycles. The van der Waals surface area contributed by atoms with Crippen molar-refractivity contribution in [2.75, 3.05) is 0 Å². The Morgan fingerprint density at radius 3 is 2.44 bits per heavy atom. The second-order valence-electron chi connectivity index (χ2n) is 1.50. The number of hydrogen-bond acceptors (Lipinski definition) is 6. The Labute approximate surface area is 56.6 Å². The van der Waals surface area contributed by atoms with Gasteiger partial charge >= 0.3 is 0 Å². The van der Waals surface area contributed by atoms with Crippen LogP contribution in [0.1, 0.15) is 0 Å². The minimum atomic E-state index is 0.274. The normalized spacial score (nSPS) is 18.9. The molecule has 0 saturated carbocycles. The fourth-order valence-electron chi connectivity index (χ4n) is 0.363. The summed E-state index contributed by atoms with van der Waals surface area (Å²) in [6.07, 6.45) is 0. The van der Waals surface area contributed by atoms with Crippen molar-refractivity contribution in [2.24, 2.45) is 21.6 Å². The number of nitrogens with two attached hydrogens (primary N) is 3. The minimum Gasteiger partial charge on any atom is -0.393 e. The van der Waals surface area contributed by atoms with Gasteiger partial charge < -0.3 is 17.2 Å². The summed E-state index contributed by atoms with van der Waals surface area (Å²) in [6, 6.07) is 0. The van der Waals surface area contributed by atoms with Crippen LogP contribution in [0.15, 0.2) is 15.9 Å². The lowest BCUT2D eigenvalue weighted by molar-refractivity contribution is 1.09. The molecule has 0 saturated heterocycles. The zero-order chi connectivity index (χ0) is 6.85. The fraction of sp³-hybridized carbons (Fsp3) is 0. The van der Waals surface area contributed by atoms with E-state index in [1.54, 1.807) is 0 Å². The standard InChI is InChI=1S/C3H7N5S/c4-1-2(5)7-9-8-3(1)6/h7H,4-5H2,(H2,6,8). The Morgan fingerprint density at radius 2 is 2.00 bits per heavy atom. The molecule has 1 heterocycles. The lowest BCUT2D eigenvalue weighted by Gasteiger charge is -2.10. The molecule has 0 aliphatic carbocycles. The van der Waals surface area contributed by atoms with Gasteiger partial charge in [0.15, 0.2) is 5.84 Å². The van der Waals surface area contributed by atoms with E-state index in [0.717, 1.165) is 12.1 Å². The zero-order valence-electron chi connectivity index (χ0n) is 4.59. The van der Waals surface area contributed by atoms with Crippen LogP contribution in [0.5, 0.6) is 0 Å². The molecule has 0 radical (unpaired) electrons. The van der Waals surface area contributed by atoms with Crippen LogP contribution in [0.4, 0.5) is 0 Å². The number of rotatable bonds is 0. The van der Waals surface area contributed by atoms with Crippen molar-refractivity contribution in [3.8, 4) is 0 Å². The van der Waals surface area contributed by atoms with Gasteiger partial charge in [-0.2, -0.15) is 4.40 Å². The Bertz CT molecular complexity index is 183. The highest BCUT2D eigenvalue weighted by molar-refractivity contribution is 7.96. The summed E-state index contributed by atoms with van der Waals surface area (Å²) in [4.78, 5) is 0. The molecule has 0 aromatic rings. The zero-order valence-corrected chi connectivity index (χ0v) is 5.40. The third kappa shape index (κ3) is 1.02. The number of nitrogens with zero attached hydrogens (tertiary/aromatic N) is 1. The second kappa shape index (κ2) is 2.06. The van der Waals surface area contributed by atoms with Crippen LogP contribution in [0.3, 0.4) is 0 Å². The van der Waals surface area contributed by atoms with Crippen molar-refractivity contribution in [3.05, 3.63) is 11.5 Å². The Morgan fingerprint density at radius 1 is 1.33 bits per heavy atom. The van der Waals surface area contributed by atoms with Gasteiger partial charge in [0.1, 0.15) is 11.5 Å². The summed E-state index contributed by atoms with van der Waals surface area (Å²) in [5.41, 5.74) is 16.3. The second-order valence-corrected chi connectivity index (χ2v) is 2.07. The molecule has 0 unspecified atom stereocenters. The van der Waals surface area contributed by atoms with E-state index in [1.165, 1.54) is 0 Å². The van der Waals surface area contributed by atoms with Gasteiger partial charge in [0.25, 0.3) is 0 Å². The van der Waals surface area contributed by atoms with Gasteiger partial charge in [0, 0.05) is 0 Å². The van der Waals surface area contributed by atoms with Crippen molar-refractivity contribution < 1.29 is 0 Å². The first-order valence-electron chi connectivity index (χ1n) is 2.23. The molecule has 0 amide bonds. The van der Waals surface area contributed by atoms with Gasteiger partial charge in [-0.25, -0.2) is 0 Å². The van der Waals surface area contributed by atoms with Crippen LogP contribution < -0.4 is 21.9 Å². The summed E-state index contributed by atoms with van der Waals surface area (Å²) in [5.74, 6) is 0.642. The highest BCUT2D eigenvalue weighted by Gasteiger charge is 2.07. The third-order valence-electron chi connectivity index (χ3n) is 0.866. The van der Waals surface area contributed by atoms with Crippen molar-refractivity contribution >= 4 is 18.0 Å². The summed E-state index contributed by atoms with van der Waals surface area (Å²) in [5, 5.41) is 0. The highest BCUT2D eigenvalue weighted by Crippen LogP contribution is 2.06. The van der Waals surface area contributed by atoms with Crippen LogP contribution in [-0.2, 0) is 0 Å². The molecular formula is C3H7N5S. The molecule has 0 fully saturated rings. The van der Waals surface area contributed by atoms with E-state index in [2.05, 4.69) is 9.12 Å². The number of nitrogens with one attached hydrogen (secondary N) is 1. The van der Waals surface area contributed by atoms with E-state index < -0.39 is 0 Å². The Kier molecular flexibility index (Phi) is 1.39. The van der Waals surface area contributed by atoms with Gasteiger partial charge in [-0.15, -0.1) is 0 Å². The average molecular weight is 145 g/mol. The van der Waals surface area contributed by atoms with Crippen LogP contribution >= 0.6 is 12.1 Å². The van der Waals surface area contributed by atoms with E-state index in [-0.39, 0.29) is 5.84 Å². The molecule has 6 heteroatoms. The summed E-state index contributed by atoms with van der Waals surface area (Å²) in [7, 11) is 0. The van der Waals surface area contributed by atoms with Gasteiger partial charge in [-0.1, -0.05) is 0 Å². The Hall–Kier alpha value is -1.04. The molecule has 7 N–H and O–H groups in total. The maximum absolute atomic E-state index is 5.34. The van der Waals surface area contributed by atoms with Crippen molar-refractivity contribution in [2.45, 2.75) is 0 Å². The predicted molar refractivity (Wildman–Crippen MR) is 37.7 cm³/mol. The molecule has 0 bridgehead atoms. The molecule has 50 valence electrons. The van der Waals surface area contributed by atoms with Gasteiger partial charge in [-0.05, 0) is 0 Å². The lowest BCUT2D eigenvalue weighted by Crippen LogP contribution is -2.32. The molecule has 9 heavy (non-hydrogen) atoms. The predicted octanol–water partition coefficient (Wildman–Crippen LogP) is -1.40. The van der Waals surface area contributed by atoms with Crippen LogP contribution in [0.25, 0.3) is 0 Å². The molecule has 0 spiro atoms. The molecule has 1 aliphatic rings. The monoisotopic (exact) mass is 145 g/mol. The SMILES string of the molecule is NC1=NSNC(N)=C1N. The van der Waals surface area contributed by atoms with Gasteiger partial charge in [-0.3, -0.25) is 4.72 Å². The molecule has 0 aromatic carbocycles. The maximum atomic E-state index is 5.34. The van der Waals surface area contributed by atoms with Crippen LogP contribution in [-0.4, -0.2) is 5.84 Å². The number of hydrogen-bond donors (Lipinski definition) is 4. The molecular weight excluding hydrogens is 138 g/mol. The molecule has 0 atom stereocenters. The average Bonchev–Trinajstić information content (AvgIpc) is 1.83. The number of amidine groups is 1. The smallest absolute Gasteiger partial charge is 0.160 e. The maximum Gasteiger partial charge on any atom is 0.160 e. The largest absolute Gasteiger partial charge is 0.393 e. The molecule has 1 aliphatic heterocycles. The van der Waals surface area contributed by atoms with Gasteiger partial charge in [0.2, 0.25) is 0 Å². The first-order valence-corrected chi connectivity index (χ1v) is 3.00. The van der Waals surface area contributed by atoms with E-state index in [0.29, 0.717) is 11.5 Å². The summed E-state index contributed by atoms with van der Waals surface area (Å²) < 4.78 is 6.34. The van der Waals surface area contributed by atoms with E-state index >= 15 is 0 Å². The first-order chi connectivity index (χ1) is 4.22. The van der Waals surface area contributed by atoms with Crippen LogP contribution in [0, 0.1) is 0 Å². The summed E-state index contributed by atoms with van der Waals surface area (Å²) >= 11 is 1.06. The summed E-state index contributed by atoms with van der Waals surface area (Å²) in [6.45, 7) is 0. The highest BCUT2D eigenvalue weighted by atomic mass is 32.2. The van der Waals surface area contributed by atoms with Crippen molar-refractivity contribution in [1.82, 2.24) is 4.72 Å². The van der Waals surface area contributed by atoms with Gasteiger partial charge in [0.05, 0.1) is 12.1 Å². The topological polar surface area (TPSA) is 102 Å². The quantitative estimate of drug-likeness (QED) is 0.314. The molecule has 1 rings (SSSR count). The first kappa shape index (κ1) is 6.09. The third-order valence-corrected chi connectivity index (χ3v) is 1.46. The fourth-order valence-corrected chi connectivity index (χ4v) is 0.814. The van der Waals surface area contributed by atoms with E-state index in [9.17, 15) is 0 Å². The van der Waals surface area contributed by atoms with Crippen molar-refractivity contribution in [3.63, 3.8) is 0 Å². The Balaban J connectivity index is 2.88.